The molecule has 0 fully saturated rings. The Morgan fingerprint density at radius 2 is 2.27 bits per heavy atom. The van der Waals surface area contributed by atoms with Crippen LogP contribution >= 0.6 is 0 Å². The van der Waals surface area contributed by atoms with Crippen molar-refractivity contribution in [1.82, 2.24) is 10.4 Å². The van der Waals surface area contributed by atoms with E-state index in [4.69, 9.17) is 10.8 Å². The van der Waals surface area contributed by atoms with Crippen molar-refractivity contribution >= 4 is 12.0 Å². The fourth-order valence-corrected chi connectivity index (χ4v) is 3.04. The lowest BCUT2D eigenvalue weighted by Crippen LogP contribution is -2.26. The Hall–Kier alpha value is -2.34. The van der Waals surface area contributed by atoms with Gasteiger partial charge in [-0.15, -0.1) is 0 Å². The number of hydrogen-bond acceptors (Lipinski definition) is 6. The molecule has 142 valence electrons. The van der Waals surface area contributed by atoms with Gasteiger partial charge in [-0.25, -0.2) is 4.98 Å². The topological polar surface area (TPSA) is 95.6 Å². The van der Waals surface area contributed by atoms with Gasteiger partial charge in [0.2, 0.25) is 0 Å². The van der Waals surface area contributed by atoms with Crippen LogP contribution in [-0.4, -0.2) is 35.5 Å². The molecule has 2 rings (SSSR count). The second-order valence-corrected chi connectivity index (χ2v) is 6.58. The molecule has 2 unspecified atom stereocenters. The van der Waals surface area contributed by atoms with E-state index in [-0.39, 0.29) is 18.6 Å². The average Bonchev–Trinajstić information content (AvgIpc) is 3.09. The fourth-order valence-electron chi connectivity index (χ4n) is 3.04. The van der Waals surface area contributed by atoms with Crippen LogP contribution in [0, 0.1) is 5.92 Å². The molecule has 1 aliphatic heterocycles. The van der Waals surface area contributed by atoms with Gasteiger partial charge < -0.3 is 21.6 Å². The predicted molar refractivity (Wildman–Crippen MR) is 108 cm³/mol. The van der Waals surface area contributed by atoms with Crippen LogP contribution in [0.5, 0.6) is 0 Å². The number of anilines is 1. The van der Waals surface area contributed by atoms with E-state index in [0.717, 1.165) is 42.6 Å². The standard InChI is InChI=1S/C20H31N5O/c1-3-4-5-17(18(12-21)19-14-24-25-15(19)2)8-6-16-7-9-20(23-13-16)22-10-11-26/h7-9,12-15,19,25-26H,3-6,10-11,21H2,1-2H3,(H,22,23)/b17-8-,18-12+. The largest absolute Gasteiger partial charge is 0.404 e. The molecule has 26 heavy (non-hydrogen) atoms. The zero-order chi connectivity index (χ0) is 18.8. The van der Waals surface area contributed by atoms with Gasteiger partial charge in [-0.1, -0.05) is 25.5 Å². The highest BCUT2D eigenvalue weighted by molar-refractivity contribution is 5.70. The molecule has 1 aromatic rings. The summed E-state index contributed by atoms with van der Waals surface area (Å²) >= 11 is 0. The van der Waals surface area contributed by atoms with Gasteiger partial charge in [0.25, 0.3) is 0 Å². The lowest BCUT2D eigenvalue weighted by molar-refractivity contribution is 0.311. The number of nitrogens with one attached hydrogen (secondary N) is 2. The van der Waals surface area contributed by atoms with Crippen molar-refractivity contribution < 1.29 is 5.11 Å². The zero-order valence-corrected chi connectivity index (χ0v) is 15.8. The van der Waals surface area contributed by atoms with E-state index in [2.05, 4.69) is 46.8 Å². The summed E-state index contributed by atoms with van der Waals surface area (Å²) in [4.78, 5) is 4.39. The van der Waals surface area contributed by atoms with E-state index in [1.165, 1.54) is 5.57 Å². The van der Waals surface area contributed by atoms with Crippen LogP contribution in [0.4, 0.5) is 5.82 Å². The average molecular weight is 358 g/mol. The molecular formula is C20H31N5O. The summed E-state index contributed by atoms with van der Waals surface area (Å²) in [7, 11) is 0. The Kier molecular flexibility index (Phi) is 8.15. The molecule has 2 heterocycles. The van der Waals surface area contributed by atoms with Crippen molar-refractivity contribution in [2.24, 2.45) is 16.8 Å². The van der Waals surface area contributed by atoms with E-state index >= 15 is 0 Å². The van der Waals surface area contributed by atoms with Crippen molar-refractivity contribution in [3.05, 3.63) is 47.3 Å². The van der Waals surface area contributed by atoms with E-state index in [0.29, 0.717) is 6.54 Å². The lowest BCUT2D eigenvalue weighted by atomic mass is 9.86. The van der Waals surface area contributed by atoms with Crippen molar-refractivity contribution in [3.8, 4) is 0 Å². The zero-order valence-electron chi connectivity index (χ0n) is 15.8. The number of unbranched alkanes of at least 4 members (excludes halogenated alkanes) is 1. The summed E-state index contributed by atoms with van der Waals surface area (Å²) in [6.07, 6.45) is 11.9. The number of aliphatic hydroxyl groups is 1. The summed E-state index contributed by atoms with van der Waals surface area (Å²) in [5.74, 6) is 0.994. The summed E-state index contributed by atoms with van der Waals surface area (Å²) in [6, 6.07) is 4.27. The number of aliphatic hydroxyl groups excluding tert-OH is 1. The van der Waals surface area contributed by atoms with Gasteiger partial charge in [-0.3, -0.25) is 0 Å². The first-order valence-corrected chi connectivity index (χ1v) is 9.39. The highest BCUT2D eigenvalue weighted by Gasteiger charge is 2.25. The maximum absolute atomic E-state index is 8.85. The molecule has 5 N–H and O–H groups in total. The normalized spacial score (nSPS) is 20.3. The number of allylic oxidation sites excluding steroid dienone is 2. The van der Waals surface area contributed by atoms with Gasteiger partial charge >= 0.3 is 0 Å². The number of nitrogens with two attached hydrogens (primary N) is 1. The third-order valence-corrected chi connectivity index (χ3v) is 4.59. The Morgan fingerprint density at radius 1 is 1.42 bits per heavy atom. The van der Waals surface area contributed by atoms with Gasteiger partial charge in [-0.2, -0.15) is 5.10 Å². The Bertz CT molecular complexity index is 636. The highest BCUT2D eigenvalue weighted by Crippen LogP contribution is 2.27. The number of aromatic nitrogens is 1. The molecule has 0 spiro atoms. The molecule has 0 saturated heterocycles. The van der Waals surface area contributed by atoms with E-state index in [9.17, 15) is 0 Å². The molecule has 6 heteroatoms. The van der Waals surface area contributed by atoms with Crippen LogP contribution in [0.15, 0.2) is 46.9 Å². The third-order valence-electron chi connectivity index (χ3n) is 4.59. The minimum atomic E-state index is 0.0961. The molecule has 1 aromatic heterocycles. The molecule has 0 aromatic carbocycles. The molecule has 0 saturated carbocycles. The minimum absolute atomic E-state index is 0.0961. The molecule has 1 aliphatic rings. The Balaban J connectivity index is 2.11. The Morgan fingerprint density at radius 3 is 2.85 bits per heavy atom. The van der Waals surface area contributed by atoms with E-state index in [1.807, 2.05) is 18.5 Å². The first-order valence-electron chi connectivity index (χ1n) is 9.39. The van der Waals surface area contributed by atoms with Crippen LogP contribution in [0.25, 0.3) is 0 Å². The van der Waals surface area contributed by atoms with Gasteiger partial charge in [0.1, 0.15) is 5.82 Å². The van der Waals surface area contributed by atoms with Gasteiger partial charge in [0.15, 0.2) is 0 Å². The van der Waals surface area contributed by atoms with E-state index in [1.54, 1.807) is 6.20 Å². The molecular weight excluding hydrogens is 326 g/mol. The maximum atomic E-state index is 8.85. The monoisotopic (exact) mass is 357 g/mol. The molecule has 6 nitrogen and oxygen atoms in total. The van der Waals surface area contributed by atoms with Gasteiger partial charge in [0, 0.05) is 24.9 Å². The maximum Gasteiger partial charge on any atom is 0.125 e. The van der Waals surface area contributed by atoms with Crippen molar-refractivity contribution in [3.63, 3.8) is 0 Å². The molecule has 0 radical (unpaired) electrons. The van der Waals surface area contributed by atoms with Crippen LogP contribution in [0.3, 0.4) is 0 Å². The molecule has 2 atom stereocenters. The first-order chi connectivity index (χ1) is 12.7. The smallest absolute Gasteiger partial charge is 0.125 e. The number of hydrazone groups is 1. The minimum Gasteiger partial charge on any atom is -0.404 e. The lowest BCUT2D eigenvalue weighted by Gasteiger charge is -2.20. The number of nitrogens with zero attached hydrogens (tertiary/aromatic N) is 2. The van der Waals surface area contributed by atoms with Crippen LogP contribution in [0.2, 0.25) is 0 Å². The van der Waals surface area contributed by atoms with Crippen molar-refractivity contribution in [1.29, 1.82) is 0 Å². The Labute approximate surface area is 156 Å². The molecule has 0 aliphatic carbocycles. The van der Waals surface area contributed by atoms with Crippen molar-refractivity contribution in [2.45, 2.75) is 45.6 Å². The number of rotatable bonds is 10. The van der Waals surface area contributed by atoms with Gasteiger partial charge in [0.05, 0.1) is 12.6 Å². The predicted octanol–water partition coefficient (Wildman–Crippen LogP) is 2.58. The van der Waals surface area contributed by atoms with Crippen LogP contribution < -0.4 is 16.5 Å². The number of pyridine rings is 1. The first kappa shape index (κ1) is 20.0. The second-order valence-electron chi connectivity index (χ2n) is 6.58. The SMILES string of the molecule is CCCCC(=C/Cc1ccc(NCCO)nc1)/C(=C\N)C1C=NNC1C. The number of hydrogen-bond donors (Lipinski definition) is 4. The van der Waals surface area contributed by atoms with Crippen LogP contribution in [0.1, 0.15) is 38.7 Å². The fraction of sp³-hybridized carbons (Fsp3) is 0.500. The summed E-state index contributed by atoms with van der Waals surface area (Å²) in [5.41, 5.74) is 12.7. The van der Waals surface area contributed by atoms with Gasteiger partial charge in [-0.05, 0) is 55.2 Å². The highest BCUT2D eigenvalue weighted by atomic mass is 16.3. The third kappa shape index (κ3) is 5.59. The molecule has 0 amide bonds. The molecule has 0 bridgehead atoms. The summed E-state index contributed by atoms with van der Waals surface area (Å²) in [6.45, 7) is 4.93. The van der Waals surface area contributed by atoms with Crippen molar-refractivity contribution in [2.75, 3.05) is 18.5 Å². The van der Waals surface area contributed by atoms with Crippen LogP contribution in [-0.2, 0) is 6.42 Å². The summed E-state index contributed by atoms with van der Waals surface area (Å²) in [5, 5.41) is 16.1. The second kappa shape index (κ2) is 10.6. The van der Waals surface area contributed by atoms with E-state index < -0.39 is 0 Å². The summed E-state index contributed by atoms with van der Waals surface area (Å²) < 4.78 is 0. The quantitative estimate of drug-likeness (QED) is 0.483.